The Morgan fingerprint density at radius 2 is 2.12 bits per heavy atom. The van der Waals surface area contributed by atoms with Crippen molar-refractivity contribution < 1.29 is 18.0 Å². The fourth-order valence-electron chi connectivity index (χ4n) is 1.28. The number of Topliss-reactive ketones (excluding diaryl/α,β-unsaturated/α-hetero) is 1. The van der Waals surface area contributed by atoms with Crippen molar-refractivity contribution in [3.05, 3.63) is 18.0 Å². The second kappa shape index (κ2) is 5.14. The van der Waals surface area contributed by atoms with Gasteiger partial charge in [0.1, 0.15) is 5.78 Å². The molecule has 0 atom stereocenters. The third-order valence-electron chi connectivity index (χ3n) is 2.13. The van der Waals surface area contributed by atoms with Gasteiger partial charge >= 0.3 is 6.18 Å². The van der Waals surface area contributed by atoms with Gasteiger partial charge in [-0.2, -0.15) is 18.3 Å². The van der Waals surface area contributed by atoms with Crippen molar-refractivity contribution in [1.29, 1.82) is 0 Å². The second-order valence-electron chi connectivity index (χ2n) is 3.65. The number of ketones is 1. The Morgan fingerprint density at radius 1 is 1.44 bits per heavy atom. The molecule has 3 nitrogen and oxygen atoms in total. The van der Waals surface area contributed by atoms with E-state index in [9.17, 15) is 18.0 Å². The van der Waals surface area contributed by atoms with Crippen LogP contribution in [0.4, 0.5) is 13.2 Å². The van der Waals surface area contributed by atoms with Crippen molar-refractivity contribution in [2.24, 2.45) is 0 Å². The highest BCUT2D eigenvalue weighted by molar-refractivity contribution is 5.75. The number of alkyl halides is 3. The highest BCUT2D eigenvalue weighted by Gasteiger charge is 2.31. The number of halogens is 3. The maximum atomic E-state index is 12.2. The summed E-state index contributed by atoms with van der Waals surface area (Å²) in [5, 5.41) is 3.61. The Bertz CT molecular complexity index is 357. The van der Waals surface area contributed by atoms with Crippen LogP contribution in [0.1, 0.15) is 31.7 Å². The van der Waals surface area contributed by atoms with Gasteiger partial charge in [0.2, 0.25) is 0 Å². The summed E-state index contributed by atoms with van der Waals surface area (Å²) in [4.78, 5) is 10.6. The average Bonchev–Trinajstić information content (AvgIpc) is 2.59. The molecule has 0 fully saturated rings. The van der Waals surface area contributed by atoms with Crippen molar-refractivity contribution in [3.8, 4) is 0 Å². The summed E-state index contributed by atoms with van der Waals surface area (Å²) in [5.74, 6) is 0.0939. The first kappa shape index (κ1) is 12.7. The van der Waals surface area contributed by atoms with Gasteiger partial charge in [-0.1, -0.05) is 0 Å². The Balaban J connectivity index is 2.38. The zero-order chi connectivity index (χ0) is 12.2. The van der Waals surface area contributed by atoms with E-state index in [1.165, 1.54) is 11.6 Å². The maximum absolute atomic E-state index is 12.2. The quantitative estimate of drug-likeness (QED) is 0.734. The monoisotopic (exact) mass is 234 g/mol. The Labute approximate surface area is 91.3 Å². The molecule has 0 radical (unpaired) electrons. The van der Waals surface area contributed by atoms with Gasteiger partial charge in [-0.3, -0.25) is 4.68 Å². The molecular formula is C10H13F3N2O. The van der Waals surface area contributed by atoms with Crippen molar-refractivity contribution in [3.63, 3.8) is 0 Å². The molecule has 0 unspecified atom stereocenters. The highest BCUT2D eigenvalue weighted by atomic mass is 19.4. The van der Waals surface area contributed by atoms with E-state index in [4.69, 9.17) is 0 Å². The number of hydrogen-bond donors (Lipinski definition) is 0. The van der Waals surface area contributed by atoms with Crippen LogP contribution in [0.25, 0.3) is 0 Å². The second-order valence-corrected chi connectivity index (χ2v) is 3.65. The van der Waals surface area contributed by atoms with Crippen LogP contribution in [-0.2, 0) is 17.5 Å². The largest absolute Gasteiger partial charge is 0.419 e. The van der Waals surface area contributed by atoms with Crippen molar-refractivity contribution in [2.45, 2.75) is 38.9 Å². The van der Waals surface area contributed by atoms with E-state index >= 15 is 0 Å². The SMILES string of the molecule is CC(=O)CCCCn1cc(C(F)(F)F)cn1. The van der Waals surface area contributed by atoms with Crippen LogP contribution in [0.3, 0.4) is 0 Å². The van der Waals surface area contributed by atoms with E-state index in [2.05, 4.69) is 5.10 Å². The summed E-state index contributed by atoms with van der Waals surface area (Å²) in [6.45, 7) is 1.90. The molecule has 0 N–H and O–H groups in total. The number of rotatable bonds is 5. The Morgan fingerprint density at radius 3 is 2.62 bits per heavy atom. The van der Waals surface area contributed by atoms with Crippen LogP contribution in [0.15, 0.2) is 12.4 Å². The lowest BCUT2D eigenvalue weighted by Gasteiger charge is -2.02. The molecule has 0 aliphatic carbocycles. The van der Waals surface area contributed by atoms with Gasteiger partial charge in [-0.05, 0) is 19.8 Å². The summed E-state index contributed by atoms with van der Waals surface area (Å²) in [7, 11) is 0. The number of nitrogens with zero attached hydrogens (tertiary/aromatic N) is 2. The number of aryl methyl sites for hydroxylation is 1. The molecule has 1 aromatic heterocycles. The fraction of sp³-hybridized carbons (Fsp3) is 0.600. The van der Waals surface area contributed by atoms with Crippen LogP contribution < -0.4 is 0 Å². The van der Waals surface area contributed by atoms with Gasteiger partial charge in [-0.15, -0.1) is 0 Å². The van der Waals surface area contributed by atoms with E-state index in [0.717, 1.165) is 12.4 Å². The lowest BCUT2D eigenvalue weighted by Crippen LogP contribution is -2.03. The van der Waals surface area contributed by atoms with Gasteiger partial charge in [0.25, 0.3) is 0 Å². The van der Waals surface area contributed by atoms with Crippen molar-refractivity contribution in [2.75, 3.05) is 0 Å². The first-order valence-electron chi connectivity index (χ1n) is 4.98. The Kier molecular flexibility index (Phi) is 4.09. The molecular weight excluding hydrogens is 221 g/mol. The number of aromatic nitrogens is 2. The number of hydrogen-bond acceptors (Lipinski definition) is 2. The first-order valence-corrected chi connectivity index (χ1v) is 4.98. The molecule has 1 rings (SSSR count). The van der Waals surface area contributed by atoms with E-state index in [0.29, 0.717) is 25.8 Å². The molecule has 0 amide bonds. The summed E-state index contributed by atoms with van der Waals surface area (Å²) >= 11 is 0. The summed E-state index contributed by atoms with van der Waals surface area (Å²) in [6.07, 6.45) is -0.751. The smallest absolute Gasteiger partial charge is 0.300 e. The number of unbranched alkanes of at least 4 members (excludes halogenated alkanes) is 1. The van der Waals surface area contributed by atoms with E-state index in [-0.39, 0.29) is 5.78 Å². The molecule has 6 heteroatoms. The van der Waals surface area contributed by atoms with Crippen LogP contribution in [0.5, 0.6) is 0 Å². The molecule has 0 spiro atoms. The molecule has 0 aromatic carbocycles. The molecule has 0 saturated carbocycles. The average molecular weight is 234 g/mol. The molecule has 90 valence electrons. The van der Waals surface area contributed by atoms with Crippen molar-refractivity contribution in [1.82, 2.24) is 9.78 Å². The summed E-state index contributed by atoms with van der Waals surface area (Å²) in [6, 6.07) is 0. The van der Waals surface area contributed by atoms with Gasteiger partial charge in [0.05, 0.1) is 11.8 Å². The molecule has 1 aromatic rings. The predicted molar refractivity (Wildman–Crippen MR) is 51.8 cm³/mol. The zero-order valence-electron chi connectivity index (χ0n) is 8.92. The molecule has 0 bridgehead atoms. The van der Waals surface area contributed by atoms with Gasteiger partial charge in [0.15, 0.2) is 0 Å². The number of carbonyl (C=O) groups excluding carboxylic acids is 1. The minimum Gasteiger partial charge on any atom is -0.300 e. The fourth-order valence-corrected chi connectivity index (χ4v) is 1.28. The van der Waals surface area contributed by atoms with Crippen LogP contribution in [0.2, 0.25) is 0 Å². The minimum atomic E-state index is -4.34. The van der Waals surface area contributed by atoms with Crippen molar-refractivity contribution >= 4 is 5.78 Å². The highest BCUT2D eigenvalue weighted by Crippen LogP contribution is 2.28. The maximum Gasteiger partial charge on any atom is 0.419 e. The first-order chi connectivity index (χ1) is 7.39. The lowest BCUT2D eigenvalue weighted by molar-refractivity contribution is -0.137. The predicted octanol–water partition coefficient (Wildman–Crippen LogP) is 2.66. The normalized spacial score (nSPS) is 11.8. The molecule has 0 aliphatic heterocycles. The molecule has 16 heavy (non-hydrogen) atoms. The topological polar surface area (TPSA) is 34.9 Å². The van der Waals surface area contributed by atoms with Gasteiger partial charge < -0.3 is 4.79 Å². The van der Waals surface area contributed by atoms with E-state index in [1.54, 1.807) is 0 Å². The minimum absolute atomic E-state index is 0.0939. The molecule has 0 aliphatic rings. The van der Waals surface area contributed by atoms with Gasteiger partial charge in [0, 0.05) is 19.2 Å². The number of carbonyl (C=O) groups is 1. The lowest BCUT2D eigenvalue weighted by atomic mass is 10.2. The molecule has 0 saturated heterocycles. The van der Waals surface area contributed by atoms with E-state index < -0.39 is 11.7 Å². The van der Waals surface area contributed by atoms with Crippen LogP contribution in [-0.4, -0.2) is 15.6 Å². The molecule has 1 heterocycles. The van der Waals surface area contributed by atoms with Crippen LogP contribution >= 0.6 is 0 Å². The zero-order valence-corrected chi connectivity index (χ0v) is 8.92. The van der Waals surface area contributed by atoms with Crippen LogP contribution in [0, 0.1) is 0 Å². The standard InChI is InChI=1S/C10H13F3N2O/c1-8(16)4-2-3-5-15-7-9(6-14-15)10(11,12)13/h6-7H,2-5H2,1H3. The van der Waals surface area contributed by atoms with E-state index in [1.807, 2.05) is 0 Å². The Hall–Kier alpha value is -1.33. The summed E-state index contributed by atoms with van der Waals surface area (Å²) < 4.78 is 37.8. The summed E-state index contributed by atoms with van der Waals surface area (Å²) in [5.41, 5.74) is -0.737. The third-order valence-corrected chi connectivity index (χ3v) is 2.13. The van der Waals surface area contributed by atoms with Gasteiger partial charge in [-0.25, -0.2) is 0 Å². The third kappa shape index (κ3) is 4.04.